The molecule has 1 heterocycles. The number of rotatable bonds is 3. The maximum atomic E-state index is 10.6. The topological polar surface area (TPSA) is 40.5 Å². The highest BCUT2D eigenvalue weighted by molar-refractivity contribution is 5.86. The van der Waals surface area contributed by atoms with Gasteiger partial charge in [0.2, 0.25) is 0 Å². The molecule has 2 atom stereocenters. The van der Waals surface area contributed by atoms with E-state index in [9.17, 15) is 4.79 Å². The molecule has 0 amide bonds. The van der Waals surface area contributed by atoms with Crippen molar-refractivity contribution in [1.29, 1.82) is 0 Å². The Morgan fingerprint density at radius 2 is 2.14 bits per heavy atom. The lowest BCUT2D eigenvalue weighted by molar-refractivity contribution is -0.133. The maximum Gasteiger partial charge on any atom is 0.332 e. The van der Waals surface area contributed by atoms with E-state index in [1.807, 2.05) is 0 Å². The number of carboxylic acid groups (broad SMARTS) is 1. The summed E-state index contributed by atoms with van der Waals surface area (Å²) in [5.41, 5.74) is 0.297. The van der Waals surface area contributed by atoms with E-state index < -0.39 is 5.97 Å². The number of carboxylic acids is 1. The third-order valence-electron chi connectivity index (χ3n) is 2.94. The lowest BCUT2D eigenvalue weighted by atomic mass is 9.95. The van der Waals surface area contributed by atoms with E-state index in [4.69, 9.17) is 5.11 Å². The zero-order valence-electron chi connectivity index (χ0n) is 8.99. The summed E-state index contributed by atoms with van der Waals surface area (Å²) in [6.45, 7) is 9.43. The predicted octanol–water partition coefficient (Wildman–Crippen LogP) is 1.75. The fraction of sp³-hybridized carbons (Fsp3) is 0.727. The average molecular weight is 197 g/mol. The molecule has 0 aliphatic carbocycles. The number of hydrogen-bond acceptors (Lipinski definition) is 2. The number of hydrogen-bond donors (Lipinski definition) is 1. The van der Waals surface area contributed by atoms with Crippen LogP contribution < -0.4 is 0 Å². The molecule has 3 heteroatoms. The van der Waals surface area contributed by atoms with Crippen LogP contribution >= 0.6 is 0 Å². The van der Waals surface area contributed by atoms with E-state index in [-0.39, 0.29) is 0 Å². The second-order valence-corrected chi connectivity index (χ2v) is 4.37. The van der Waals surface area contributed by atoms with Gasteiger partial charge in [0.05, 0.1) is 0 Å². The Hall–Kier alpha value is -0.830. The van der Waals surface area contributed by atoms with Crippen LogP contribution in [0.3, 0.4) is 0 Å². The molecular weight excluding hydrogens is 178 g/mol. The van der Waals surface area contributed by atoms with Crippen LogP contribution in [-0.4, -0.2) is 35.1 Å². The van der Waals surface area contributed by atoms with Gasteiger partial charge in [-0.05, 0) is 25.7 Å². The van der Waals surface area contributed by atoms with Crippen LogP contribution in [0, 0.1) is 5.92 Å². The standard InChI is InChI=1S/C11H19NO2/c1-8-4-5-10(3)12(6-8)7-9(2)11(13)14/h8,10H,2,4-7H2,1,3H3,(H,13,14). The molecule has 1 N–H and O–H groups in total. The van der Waals surface area contributed by atoms with Crippen LogP contribution in [-0.2, 0) is 4.79 Å². The van der Waals surface area contributed by atoms with Gasteiger partial charge in [-0.15, -0.1) is 0 Å². The minimum Gasteiger partial charge on any atom is -0.478 e. The minimum atomic E-state index is -0.879. The monoisotopic (exact) mass is 197 g/mol. The van der Waals surface area contributed by atoms with E-state index in [0.29, 0.717) is 24.1 Å². The molecule has 1 fully saturated rings. The van der Waals surface area contributed by atoms with Crippen molar-refractivity contribution in [2.24, 2.45) is 5.92 Å². The Morgan fingerprint density at radius 1 is 1.50 bits per heavy atom. The van der Waals surface area contributed by atoms with Crippen LogP contribution in [0.15, 0.2) is 12.2 Å². The molecule has 0 aromatic carbocycles. The molecule has 0 aromatic rings. The second kappa shape index (κ2) is 4.60. The quantitative estimate of drug-likeness (QED) is 0.701. The third kappa shape index (κ3) is 2.84. The molecule has 0 saturated carbocycles. The molecule has 0 spiro atoms. The molecule has 0 bridgehead atoms. The fourth-order valence-electron chi connectivity index (χ4n) is 1.91. The second-order valence-electron chi connectivity index (χ2n) is 4.37. The van der Waals surface area contributed by atoms with Crippen molar-refractivity contribution >= 4 is 5.97 Å². The number of carbonyl (C=O) groups is 1. The van der Waals surface area contributed by atoms with Gasteiger partial charge in [-0.1, -0.05) is 13.5 Å². The van der Waals surface area contributed by atoms with Crippen molar-refractivity contribution in [3.8, 4) is 0 Å². The van der Waals surface area contributed by atoms with Gasteiger partial charge < -0.3 is 5.11 Å². The summed E-state index contributed by atoms with van der Waals surface area (Å²) in [6.07, 6.45) is 2.41. The molecule has 1 aliphatic heterocycles. The molecule has 1 rings (SSSR count). The molecule has 14 heavy (non-hydrogen) atoms. The van der Waals surface area contributed by atoms with Crippen molar-refractivity contribution in [3.05, 3.63) is 12.2 Å². The van der Waals surface area contributed by atoms with Crippen molar-refractivity contribution in [1.82, 2.24) is 4.90 Å². The number of aliphatic carboxylic acids is 1. The smallest absolute Gasteiger partial charge is 0.332 e. The Kier molecular flexibility index (Phi) is 3.69. The largest absolute Gasteiger partial charge is 0.478 e. The van der Waals surface area contributed by atoms with Crippen molar-refractivity contribution in [2.45, 2.75) is 32.7 Å². The summed E-state index contributed by atoms with van der Waals surface area (Å²) in [5, 5.41) is 8.74. The van der Waals surface area contributed by atoms with E-state index in [2.05, 4.69) is 25.3 Å². The van der Waals surface area contributed by atoms with E-state index in [0.717, 1.165) is 13.0 Å². The summed E-state index contributed by atoms with van der Waals surface area (Å²) < 4.78 is 0. The van der Waals surface area contributed by atoms with Gasteiger partial charge >= 0.3 is 5.97 Å². The Labute approximate surface area is 85.4 Å². The van der Waals surface area contributed by atoms with Crippen molar-refractivity contribution in [3.63, 3.8) is 0 Å². The van der Waals surface area contributed by atoms with Crippen molar-refractivity contribution < 1.29 is 9.90 Å². The zero-order valence-corrected chi connectivity index (χ0v) is 8.99. The third-order valence-corrected chi connectivity index (χ3v) is 2.94. The van der Waals surface area contributed by atoms with Crippen molar-refractivity contribution in [2.75, 3.05) is 13.1 Å². The molecular formula is C11H19NO2. The van der Waals surface area contributed by atoms with Crippen LogP contribution in [0.2, 0.25) is 0 Å². The first-order valence-corrected chi connectivity index (χ1v) is 5.15. The number of piperidine rings is 1. The van der Waals surface area contributed by atoms with Crippen LogP contribution in [0.5, 0.6) is 0 Å². The SMILES string of the molecule is C=C(CN1CC(C)CCC1C)C(=O)O. The molecule has 0 aromatic heterocycles. The predicted molar refractivity (Wildman–Crippen MR) is 56.2 cm³/mol. The lowest BCUT2D eigenvalue weighted by Gasteiger charge is -2.36. The van der Waals surface area contributed by atoms with E-state index >= 15 is 0 Å². The molecule has 3 nitrogen and oxygen atoms in total. The van der Waals surface area contributed by atoms with E-state index in [1.165, 1.54) is 6.42 Å². The summed E-state index contributed by atoms with van der Waals surface area (Å²) >= 11 is 0. The minimum absolute atomic E-state index is 0.297. The number of nitrogens with zero attached hydrogens (tertiary/aromatic N) is 1. The highest BCUT2D eigenvalue weighted by Gasteiger charge is 2.24. The Balaban J connectivity index is 2.49. The first-order valence-electron chi connectivity index (χ1n) is 5.15. The number of likely N-dealkylation sites (tertiary alicyclic amines) is 1. The Bertz CT molecular complexity index is 237. The summed E-state index contributed by atoms with van der Waals surface area (Å²) in [5.74, 6) is -0.205. The van der Waals surface area contributed by atoms with Gasteiger partial charge in [0.1, 0.15) is 0 Å². The molecule has 80 valence electrons. The van der Waals surface area contributed by atoms with Crippen LogP contribution in [0.25, 0.3) is 0 Å². The summed E-state index contributed by atoms with van der Waals surface area (Å²) in [7, 11) is 0. The van der Waals surface area contributed by atoms with Gasteiger partial charge in [0.15, 0.2) is 0 Å². The summed E-state index contributed by atoms with van der Waals surface area (Å²) in [4.78, 5) is 12.8. The fourth-order valence-corrected chi connectivity index (χ4v) is 1.91. The molecule has 0 radical (unpaired) electrons. The average Bonchev–Trinajstić information content (AvgIpc) is 2.11. The lowest BCUT2D eigenvalue weighted by Crippen LogP contribution is -2.42. The molecule has 1 saturated heterocycles. The molecule has 2 unspecified atom stereocenters. The highest BCUT2D eigenvalue weighted by Crippen LogP contribution is 2.21. The first-order chi connectivity index (χ1) is 6.50. The van der Waals surface area contributed by atoms with Gasteiger partial charge in [0, 0.05) is 24.7 Å². The van der Waals surface area contributed by atoms with Gasteiger partial charge in [-0.2, -0.15) is 0 Å². The van der Waals surface area contributed by atoms with Crippen LogP contribution in [0.4, 0.5) is 0 Å². The Morgan fingerprint density at radius 3 is 2.71 bits per heavy atom. The van der Waals surface area contributed by atoms with E-state index in [1.54, 1.807) is 0 Å². The van der Waals surface area contributed by atoms with Gasteiger partial charge in [-0.3, -0.25) is 4.90 Å². The normalized spacial score (nSPS) is 28.7. The van der Waals surface area contributed by atoms with Gasteiger partial charge in [-0.25, -0.2) is 4.79 Å². The molecule has 1 aliphatic rings. The maximum absolute atomic E-state index is 10.6. The first kappa shape index (κ1) is 11.2. The van der Waals surface area contributed by atoms with Gasteiger partial charge in [0.25, 0.3) is 0 Å². The summed E-state index contributed by atoms with van der Waals surface area (Å²) in [6, 6.07) is 0.488. The highest BCUT2D eigenvalue weighted by atomic mass is 16.4. The van der Waals surface area contributed by atoms with Crippen LogP contribution in [0.1, 0.15) is 26.7 Å². The zero-order chi connectivity index (χ0) is 10.7.